The number of allylic oxidation sites excluding steroid dienone is 1. The van der Waals surface area contributed by atoms with Gasteiger partial charge in [0.05, 0.1) is 0 Å². The maximum atomic E-state index is 5.80. The molecule has 0 aliphatic rings. The zero-order chi connectivity index (χ0) is 9.68. The standard InChI is InChI=1S/C12H15Cl/c1-3-10(4-2)9-11-5-7-12(13)8-6-11/h3,5-8,10H,1,4,9H2,2H3/t10-/m1/s1. The first-order valence-electron chi connectivity index (χ1n) is 4.63. The van der Waals surface area contributed by atoms with E-state index < -0.39 is 0 Å². The Labute approximate surface area is 85.2 Å². The van der Waals surface area contributed by atoms with Crippen LogP contribution in [-0.2, 0) is 6.42 Å². The molecule has 0 aliphatic heterocycles. The second kappa shape index (κ2) is 5.08. The van der Waals surface area contributed by atoms with Gasteiger partial charge in [0.1, 0.15) is 0 Å². The number of hydrogen-bond acceptors (Lipinski definition) is 0. The van der Waals surface area contributed by atoms with Crippen LogP contribution in [0.5, 0.6) is 0 Å². The third kappa shape index (κ3) is 3.23. The predicted molar refractivity (Wildman–Crippen MR) is 59.1 cm³/mol. The second-order valence-electron chi connectivity index (χ2n) is 3.23. The fraction of sp³-hybridized carbons (Fsp3) is 0.333. The van der Waals surface area contributed by atoms with Crippen molar-refractivity contribution in [1.29, 1.82) is 0 Å². The lowest BCUT2D eigenvalue weighted by Crippen LogP contribution is -1.98. The van der Waals surface area contributed by atoms with E-state index in [4.69, 9.17) is 11.6 Å². The normalized spacial score (nSPS) is 12.5. The van der Waals surface area contributed by atoms with Crippen molar-refractivity contribution in [2.24, 2.45) is 5.92 Å². The van der Waals surface area contributed by atoms with E-state index >= 15 is 0 Å². The van der Waals surface area contributed by atoms with E-state index in [0.29, 0.717) is 5.92 Å². The molecule has 0 aromatic heterocycles. The van der Waals surface area contributed by atoms with Crippen LogP contribution in [0.3, 0.4) is 0 Å². The smallest absolute Gasteiger partial charge is 0.0406 e. The second-order valence-corrected chi connectivity index (χ2v) is 3.67. The molecule has 1 atom stereocenters. The highest BCUT2D eigenvalue weighted by Gasteiger charge is 2.02. The summed E-state index contributed by atoms with van der Waals surface area (Å²) >= 11 is 5.80. The van der Waals surface area contributed by atoms with Gasteiger partial charge in [-0.25, -0.2) is 0 Å². The highest BCUT2D eigenvalue weighted by molar-refractivity contribution is 6.30. The molecule has 1 rings (SSSR count). The molecule has 1 heteroatoms. The van der Waals surface area contributed by atoms with Crippen molar-refractivity contribution in [3.63, 3.8) is 0 Å². The fourth-order valence-corrected chi connectivity index (χ4v) is 1.44. The van der Waals surface area contributed by atoms with Crippen LogP contribution in [0.1, 0.15) is 18.9 Å². The number of hydrogen-bond donors (Lipinski definition) is 0. The molecule has 0 heterocycles. The number of halogens is 1. The van der Waals surface area contributed by atoms with Gasteiger partial charge in [-0.3, -0.25) is 0 Å². The molecule has 0 aliphatic carbocycles. The summed E-state index contributed by atoms with van der Waals surface area (Å²) in [5.41, 5.74) is 1.33. The van der Waals surface area contributed by atoms with Gasteiger partial charge < -0.3 is 0 Å². The Morgan fingerprint density at radius 1 is 1.38 bits per heavy atom. The van der Waals surface area contributed by atoms with Crippen LogP contribution in [0.2, 0.25) is 5.02 Å². The zero-order valence-corrected chi connectivity index (χ0v) is 8.72. The highest BCUT2D eigenvalue weighted by Crippen LogP contribution is 2.15. The van der Waals surface area contributed by atoms with Gasteiger partial charge in [0.25, 0.3) is 0 Å². The van der Waals surface area contributed by atoms with Crippen LogP contribution in [0.25, 0.3) is 0 Å². The molecule has 0 radical (unpaired) electrons. The lowest BCUT2D eigenvalue weighted by atomic mass is 9.97. The zero-order valence-electron chi connectivity index (χ0n) is 7.96. The van der Waals surface area contributed by atoms with Gasteiger partial charge in [0, 0.05) is 5.02 Å². The summed E-state index contributed by atoms with van der Waals surface area (Å²) in [6.45, 7) is 6.00. The Hall–Kier alpha value is -0.750. The van der Waals surface area contributed by atoms with Gasteiger partial charge in [0.15, 0.2) is 0 Å². The van der Waals surface area contributed by atoms with Crippen molar-refractivity contribution in [2.45, 2.75) is 19.8 Å². The first kappa shape index (κ1) is 10.3. The molecule has 0 N–H and O–H groups in total. The van der Waals surface area contributed by atoms with E-state index in [1.807, 2.05) is 18.2 Å². The summed E-state index contributed by atoms with van der Waals surface area (Å²) < 4.78 is 0. The molecule has 0 bridgehead atoms. The summed E-state index contributed by atoms with van der Waals surface area (Å²) in [4.78, 5) is 0. The summed E-state index contributed by atoms with van der Waals surface area (Å²) in [5, 5.41) is 0.801. The SMILES string of the molecule is C=C[C@H](CC)Cc1ccc(Cl)cc1. The summed E-state index contributed by atoms with van der Waals surface area (Å²) in [6.07, 6.45) is 4.23. The molecule has 0 saturated carbocycles. The minimum Gasteiger partial charge on any atom is -0.103 e. The largest absolute Gasteiger partial charge is 0.103 e. The Morgan fingerprint density at radius 2 is 2.00 bits per heavy atom. The minimum absolute atomic E-state index is 0.584. The third-order valence-corrected chi connectivity index (χ3v) is 2.52. The maximum Gasteiger partial charge on any atom is 0.0406 e. The molecular formula is C12H15Cl. The maximum absolute atomic E-state index is 5.80. The van der Waals surface area contributed by atoms with Gasteiger partial charge in [0.2, 0.25) is 0 Å². The number of benzene rings is 1. The molecule has 70 valence electrons. The van der Waals surface area contributed by atoms with Gasteiger partial charge in [-0.15, -0.1) is 6.58 Å². The lowest BCUT2D eigenvalue weighted by molar-refractivity contribution is 0.626. The van der Waals surface area contributed by atoms with Crippen LogP contribution in [0.4, 0.5) is 0 Å². The Morgan fingerprint density at radius 3 is 2.46 bits per heavy atom. The average Bonchev–Trinajstić information content (AvgIpc) is 2.17. The summed E-state index contributed by atoms with van der Waals surface area (Å²) in [7, 11) is 0. The lowest BCUT2D eigenvalue weighted by Gasteiger charge is -2.08. The quantitative estimate of drug-likeness (QED) is 0.634. The fourth-order valence-electron chi connectivity index (χ4n) is 1.32. The van der Waals surface area contributed by atoms with Crippen LogP contribution < -0.4 is 0 Å². The highest BCUT2D eigenvalue weighted by atomic mass is 35.5. The van der Waals surface area contributed by atoms with E-state index in [1.165, 1.54) is 5.56 Å². The van der Waals surface area contributed by atoms with E-state index in [2.05, 4.69) is 25.6 Å². The molecule has 0 fully saturated rings. The van der Waals surface area contributed by atoms with Crippen molar-refractivity contribution in [1.82, 2.24) is 0 Å². The molecule has 0 nitrogen and oxygen atoms in total. The summed E-state index contributed by atoms with van der Waals surface area (Å²) in [5.74, 6) is 0.584. The monoisotopic (exact) mass is 194 g/mol. The van der Waals surface area contributed by atoms with E-state index in [1.54, 1.807) is 0 Å². The van der Waals surface area contributed by atoms with Crippen LogP contribution in [-0.4, -0.2) is 0 Å². The molecule has 0 unspecified atom stereocenters. The average molecular weight is 195 g/mol. The van der Waals surface area contributed by atoms with E-state index in [9.17, 15) is 0 Å². The predicted octanol–water partition coefficient (Wildman–Crippen LogP) is 4.09. The molecule has 1 aromatic rings. The van der Waals surface area contributed by atoms with Crippen molar-refractivity contribution in [3.8, 4) is 0 Å². The Balaban J connectivity index is 2.63. The van der Waals surface area contributed by atoms with Crippen LogP contribution in [0, 0.1) is 5.92 Å². The first-order valence-corrected chi connectivity index (χ1v) is 5.01. The summed E-state index contributed by atoms with van der Waals surface area (Å²) in [6, 6.07) is 8.03. The molecule has 1 aromatic carbocycles. The first-order chi connectivity index (χ1) is 6.26. The van der Waals surface area contributed by atoms with Gasteiger partial charge >= 0.3 is 0 Å². The molecule has 13 heavy (non-hydrogen) atoms. The van der Waals surface area contributed by atoms with Crippen molar-refractivity contribution >= 4 is 11.6 Å². The van der Waals surface area contributed by atoms with E-state index in [-0.39, 0.29) is 0 Å². The van der Waals surface area contributed by atoms with Gasteiger partial charge in [-0.1, -0.05) is 36.7 Å². The van der Waals surface area contributed by atoms with Crippen LogP contribution in [0.15, 0.2) is 36.9 Å². The molecule has 0 saturated heterocycles. The Bertz CT molecular complexity index is 261. The van der Waals surface area contributed by atoms with Gasteiger partial charge in [-0.05, 0) is 36.5 Å². The van der Waals surface area contributed by atoms with Crippen molar-refractivity contribution in [3.05, 3.63) is 47.5 Å². The molecule has 0 spiro atoms. The minimum atomic E-state index is 0.584. The molecule has 0 amide bonds. The Kier molecular flexibility index (Phi) is 4.04. The van der Waals surface area contributed by atoms with E-state index in [0.717, 1.165) is 17.9 Å². The van der Waals surface area contributed by atoms with Crippen molar-refractivity contribution in [2.75, 3.05) is 0 Å². The van der Waals surface area contributed by atoms with Crippen LogP contribution >= 0.6 is 11.6 Å². The van der Waals surface area contributed by atoms with Gasteiger partial charge in [-0.2, -0.15) is 0 Å². The third-order valence-electron chi connectivity index (χ3n) is 2.27. The van der Waals surface area contributed by atoms with Crippen molar-refractivity contribution < 1.29 is 0 Å². The number of rotatable bonds is 4. The topological polar surface area (TPSA) is 0 Å². The molecular weight excluding hydrogens is 180 g/mol.